The topological polar surface area (TPSA) is 66.0 Å². The van der Waals surface area contributed by atoms with Gasteiger partial charge in [-0.1, -0.05) is 0 Å². The fourth-order valence-electron chi connectivity index (χ4n) is 1.99. The van der Waals surface area contributed by atoms with Crippen molar-refractivity contribution in [2.45, 2.75) is 26.3 Å². The summed E-state index contributed by atoms with van der Waals surface area (Å²) < 4.78 is 0. The SMILES string of the molecule is CC(C)N1CCc2cc(C(=N)N)ncc21. The van der Waals surface area contributed by atoms with Gasteiger partial charge in [-0.25, -0.2) is 0 Å². The van der Waals surface area contributed by atoms with E-state index < -0.39 is 0 Å². The van der Waals surface area contributed by atoms with E-state index in [1.54, 1.807) is 0 Å². The molecule has 0 aromatic carbocycles. The Morgan fingerprint density at radius 1 is 1.60 bits per heavy atom. The van der Waals surface area contributed by atoms with E-state index in [2.05, 4.69) is 23.7 Å². The fraction of sp³-hybridized carbons (Fsp3) is 0.455. The highest BCUT2D eigenvalue weighted by atomic mass is 15.2. The van der Waals surface area contributed by atoms with Crippen LogP contribution in [-0.4, -0.2) is 23.4 Å². The van der Waals surface area contributed by atoms with Gasteiger partial charge in [-0.2, -0.15) is 0 Å². The molecule has 0 amide bonds. The van der Waals surface area contributed by atoms with Crippen LogP contribution in [0.1, 0.15) is 25.1 Å². The van der Waals surface area contributed by atoms with Gasteiger partial charge in [-0.05, 0) is 31.9 Å². The third-order valence-corrected chi connectivity index (χ3v) is 2.80. The lowest BCUT2D eigenvalue weighted by Crippen LogP contribution is -2.28. The Hall–Kier alpha value is -1.58. The summed E-state index contributed by atoms with van der Waals surface area (Å²) in [7, 11) is 0. The second-order valence-corrected chi connectivity index (χ2v) is 4.15. The second-order valence-electron chi connectivity index (χ2n) is 4.15. The predicted octanol–water partition coefficient (Wildman–Crippen LogP) is 1.14. The maximum atomic E-state index is 7.33. The zero-order chi connectivity index (χ0) is 11.0. The van der Waals surface area contributed by atoms with E-state index in [0.29, 0.717) is 11.7 Å². The zero-order valence-corrected chi connectivity index (χ0v) is 9.12. The highest BCUT2D eigenvalue weighted by molar-refractivity contribution is 5.93. The van der Waals surface area contributed by atoms with Crippen molar-refractivity contribution in [3.05, 3.63) is 23.5 Å². The Kier molecular flexibility index (Phi) is 2.34. The van der Waals surface area contributed by atoms with E-state index in [-0.39, 0.29) is 5.84 Å². The number of fused-ring (bicyclic) bond motifs is 1. The third-order valence-electron chi connectivity index (χ3n) is 2.80. The number of nitrogens with two attached hydrogens (primary N) is 1. The van der Waals surface area contributed by atoms with Crippen LogP contribution in [0.2, 0.25) is 0 Å². The van der Waals surface area contributed by atoms with E-state index in [1.807, 2.05) is 12.3 Å². The Morgan fingerprint density at radius 2 is 2.33 bits per heavy atom. The lowest BCUT2D eigenvalue weighted by Gasteiger charge is -2.23. The van der Waals surface area contributed by atoms with E-state index in [9.17, 15) is 0 Å². The quantitative estimate of drug-likeness (QED) is 0.560. The first kappa shape index (κ1) is 9.96. The molecule has 1 aromatic rings. The van der Waals surface area contributed by atoms with Crippen LogP contribution in [0.25, 0.3) is 0 Å². The Labute approximate surface area is 89.6 Å². The molecule has 80 valence electrons. The molecule has 0 radical (unpaired) electrons. The van der Waals surface area contributed by atoms with Crippen molar-refractivity contribution >= 4 is 11.5 Å². The van der Waals surface area contributed by atoms with Crippen LogP contribution in [-0.2, 0) is 6.42 Å². The fourth-order valence-corrected chi connectivity index (χ4v) is 1.99. The van der Waals surface area contributed by atoms with Crippen LogP contribution in [0.4, 0.5) is 5.69 Å². The zero-order valence-electron chi connectivity index (χ0n) is 9.12. The highest BCUT2D eigenvalue weighted by Gasteiger charge is 2.22. The lowest BCUT2D eigenvalue weighted by molar-refractivity contribution is 0.709. The minimum Gasteiger partial charge on any atom is -0.382 e. The number of nitrogens with one attached hydrogen (secondary N) is 1. The van der Waals surface area contributed by atoms with Gasteiger partial charge in [-0.3, -0.25) is 10.4 Å². The van der Waals surface area contributed by atoms with Crippen molar-refractivity contribution in [2.75, 3.05) is 11.4 Å². The molecule has 1 aromatic heterocycles. The summed E-state index contributed by atoms with van der Waals surface area (Å²) in [6.07, 6.45) is 2.86. The summed E-state index contributed by atoms with van der Waals surface area (Å²) in [6.45, 7) is 5.39. The first-order valence-corrected chi connectivity index (χ1v) is 5.19. The van der Waals surface area contributed by atoms with Crippen LogP contribution in [0.5, 0.6) is 0 Å². The Morgan fingerprint density at radius 3 is 2.93 bits per heavy atom. The minimum atomic E-state index is 0.0424. The first-order chi connectivity index (χ1) is 7.09. The molecule has 15 heavy (non-hydrogen) atoms. The third kappa shape index (κ3) is 1.67. The summed E-state index contributed by atoms with van der Waals surface area (Å²) in [5, 5.41) is 7.33. The molecule has 2 heterocycles. The molecule has 1 aliphatic heterocycles. The van der Waals surface area contributed by atoms with E-state index >= 15 is 0 Å². The van der Waals surface area contributed by atoms with Gasteiger partial charge in [0.25, 0.3) is 0 Å². The standard InChI is InChI=1S/C11H16N4/c1-7(2)15-4-3-8-5-9(11(12)13)14-6-10(8)15/h5-7H,3-4H2,1-2H3,(H3,12,13). The van der Waals surface area contributed by atoms with Gasteiger partial charge in [0.15, 0.2) is 0 Å². The summed E-state index contributed by atoms with van der Waals surface area (Å²) in [5.74, 6) is 0.0424. The van der Waals surface area contributed by atoms with E-state index in [1.165, 1.54) is 11.3 Å². The first-order valence-electron chi connectivity index (χ1n) is 5.19. The molecule has 0 fully saturated rings. The van der Waals surface area contributed by atoms with Crippen LogP contribution >= 0.6 is 0 Å². The number of nitrogen functional groups attached to an aromatic ring is 1. The molecule has 2 rings (SSSR count). The smallest absolute Gasteiger partial charge is 0.141 e. The van der Waals surface area contributed by atoms with E-state index in [0.717, 1.165) is 13.0 Å². The molecule has 4 heteroatoms. The molecule has 0 atom stereocenters. The number of anilines is 1. The molecular formula is C11H16N4. The van der Waals surface area contributed by atoms with Gasteiger partial charge in [-0.15, -0.1) is 0 Å². The Balaban J connectivity index is 2.37. The van der Waals surface area contributed by atoms with Gasteiger partial charge in [0.2, 0.25) is 0 Å². The molecule has 0 bridgehead atoms. The summed E-state index contributed by atoms with van der Waals surface area (Å²) in [6, 6.07) is 2.43. The summed E-state index contributed by atoms with van der Waals surface area (Å²) in [4.78, 5) is 6.52. The van der Waals surface area contributed by atoms with Gasteiger partial charge in [0.1, 0.15) is 11.5 Å². The van der Waals surface area contributed by atoms with Crippen LogP contribution in [0.3, 0.4) is 0 Å². The van der Waals surface area contributed by atoms with Crippen LogP contribution < -0.4 is 10.6 Å². The predicted molar refractivity (Wildman–Crippen MR) is 61.4 cm³/mol. The summed E-state index contributed by atoms with van der Waals surface area (Å²) in [5.41, 5.74) is 8.44. The van der Waals surface area contributed by atoms with Crippen LogP contribution in [0, 0.1) is 5.41 Å². The molecule has 1 aliphatic rings. The van der Waals surface area contributed by atoms with Crippen LogP contribution in [0.15, 0.2) is 12.3 Å². The normalized spacial score (nSPS) is 14.5. The molecule has 3 N–H and O–H groups in total. The maximum absolute atomic E-state index is 7.33. The molecule has 0 aliphatic carbocycles. The molecular weight excluding hydrogens is 188 g/mol. The molecule has 0 unspecified atom stereocenters. The second kappa shape index (κ2) is 3.53. The average molecular weight is 204 g/mol. The maximum Gasteiger partial charge on any atom is 0.141 e. The van der Waals surface area contributed by atoms with Crippen molar-refractivity contribution in [3.63, 3.8) is 0 Å². The number of nitrogens with zero attached hydrogens (tertiary/aromatic N) is 2. The number of hydrogen-bond donors (Lipinski definition) is 2. The minimum absolute atomic E-state index is 0.0424. The number of pyridine rings is 1. The van der Waals surface area contributed by atoms with Crippen molar-refractivity contribution in [3.8, 4) is 0 Å². The summed E-state index contributed by atoms with van der Waals surface area (Å²) >= 11 is 0. The number of aromatic nitrogens is 1. The van der Waals surface area contributed by atoms with Gasteiger partial charge in [0.05, 0.1) is 11.9 Å². The highest BCUT2D eigenvalue weighted by Crippen LogP contribution is 2.28. The number of rotatable bonds is 2. The average Bonchev–Trinajstić information content (AvgIpc) is 2.59. The van der Waals surface area contributed by atoms with Crippen molar-refractivity contribution < 1.29 is 0 Å². The molecule has 0 saturated heterocycles. The van der Waals surface area contributed by atoms with Gasteiger partial charge >= 0.3 is 0 Å². The monoisotopic (exact) mass is 204 g/mol. The largest absolute Gasteiger partial charge is 0.382 e. The van der Waals surface area contributed by atoms with Crippen molar-refractivity contribution in [2.24, 2.45) is 5.73 Å². The molecule has 0 spiro atoms. The van der Waals surface area contributed by atoms with Gasteiger partial charge in [0, 0.05) is 12.6 Å². The molecule has 4 nitrogen and oxygen atoms in total. The van der Waals surface area contributed by atoms with Crippen molar-refractivity contribution in [1.82, 2.24) is 4.98 Å². The number of hydrogen-bond acceptors (Lipinski definition) is 3. The molecule has 0 saturated carbocycles. The Bertz CT molecular complexity index is 398. The number of amidine groups is 1. The van der Waals surface area contributed by atoms with Gasteiger partial charge < -0.3 is 10.6 Å². The van der Waals surface area contributed by atoms with Crippen molar-refractivity contribution in [1.29, 1.82) is 5.41 Å². The lowest BCUT2D eigenvalue weighted by atomic mass is 10.2. The van der Waals surface area contributed by atoms with E-state index in [4.69, 9.17) is 11.1 Å².